The van der Waals surface area contributed by atoms with Gasteiger partial charge < -0.3 is 4.57 Å². The number of benzene rings is 4. The Morgan fingerprint density at radius 3 is 0.967 bits per heavy atom. The molecule has 0 aliphatic rings. The van der Waals surface area contributed by atoms with E-state index < -0.39 is 13.2 Å². The van der Waals surface area contributed by atoms with E-state index in [2.05, 4.69) is 55.2 Å². The zero-order valence-corrected chi connectivity index (χ0v) is 19.9. The summed E-state index contributed by atoms with van der Waals surface area (Å²) in [5, 5.41) is 4.39. The second kappa shape index (κ2) is 10.2. The Bertz CT molecular complexity index is 963. The van der Waals surface area contributed by atoms with Crippen molar-refractivity contribution in [2.45, 2.75) is 0 Å². The first kappa shape index (κ1) is 22.4. The summed E-state index contributed by atoms with van der Waals surface area (Å²) in [7, 11) is -2.40. The Hall–Kier alpha value is -2.24. The molecular weight excluding hydrogens is 422 g/mol. The molecule has 152 valence electrons. The zero-order chi connectivity index (χ0) is 21.5. The van der Waals surface area contributed by atoms with E-state index in [1.807, 2.05) is 79.5 Å². The van der Waals surface area contributed by atoms with Crippen molar-refractivity contribution in [2.24, 2.45) is 0 Å². The average Bonchev–Trinajstić information content (AvgIpc) is 2.82. The normalized spacial score (nSPS) is 11.3. The highest BCUT2D eigenvalue weighted by atomic mass is 32.4. The molecule has 4 aromatic rings. The average molecular weight is 449 g/mol. The third kappa shape index (κ3) is 5.46. The van der Waals surface area contributed by atoms with Gasteiger partial charge in [0.15, 0.2) is 0 Å². The van der Waals surface area contributed by atoms with Gasteiger partial charge in [0.1, 0.15) is 7.14 Å². The van der Waals surface area contributed by atoms with Gasteiger partial charge in [-0.15, -0.1) is 0 Å². The summed E-state index contributed by atoms with van der Waals surface area (Å²) in [5.74, 6) is 0. The summed E-state index contributed by atoms with van der Waals surface area (Å²) in [6.07, 6.45) is 0. The zero-order valence-electron chi connectivity index (χ0n) is 17.3. The summed E-state index contributed by atoms with van der Waals surface area (Å²) in [4.78, 5) is 0. The minimum atomic E-state index is -2.40. The van der Waals surface area contributed by atoms with Gasteiger partial charge in [0.05, 0.1) is 0 Å². The Morgan fingerprint density at radius 1 is 0.467 bits per heavy atom. The van der Waals surface area contributed by atoms with Gasteiger partial charge in [-0.25, -0.2) is 0 Å². The molecule has 1 nitrogen and oxygen atoms in total. The van der Waals surface area contributed by atoms with Crippen LogP contribution in [0, 0.1) is 0 Å². The predicted molar refractivity (Wildman–Crippen MR) is 138 cm³/mol. The Morgan fingerprint density at radius 2 is 0.700 bits per heavy atom. The van der Waals surface area contributed by atoms with Crippen molar-refractivity contribution in [3.63, 3.8) is 0 Å². The molecule has 0 amide bonds. The molecule has 0 aliphatic heterocycles. The first-order valence-electron chi connectivity index (χ1n) is 9.80. The fourth-order valence-electron chi connectivity index (χ4n) is 3.15. The molecule has 4 heteroatoms. The van der Waals surface area contributed by atoms with Crippen molar-refractivity contribution in [1.82, 2.24) is 0 Å². The van der Waals surface area contributed by atoms with Crippen LogP contribution in [0.1, 0.15) is 0 Å². The fourth-order valence-corrected chi connectivity index (χ4v) is 7.44. The topological polar surface area (TPSA) is 17.1 Å². The lowest BCUT2D eigenvalue weighted by Gasteiger charge is -2.17. The van der Waals surface area contributed by atoms with E-state index in [0.717, 1.165) is 10.6 Å². The molecule has 0 aromatic heterocycles. The Labute approximate surface area is 185 Å². The van der Waals surface area contributed by atoms with Gasteiger partial charge in [-0.1, -0.05) is 133 Å². The van der Waals surface area contributed by atoms with Crippen molar-refractivity contribution in [3.05, 3.63) is 121 Å². The van der Waals surface area contributed by atoms with Crippen molar-refractivity contribution in [1.29, 1.82) is 0 Å². The number of hydrogen-bond acceptors (Lipinski definition) is 2. The fraction of sp³-hybridized carbons (Fsp3) is 0.0769. The highest BCUT2D eigenvalue weighted by Crippen LogP contribution is 2.39. The summed E-state index contributed by atoms with van der Waals surface area (Å²) in [6.45, 7) is 4.00. The van der Waals surface area contributed by atoms with Crippen LogP contribution in [-0.4, -0.2) is 13.3 Å². The van der Waals surface area contributed by atoms with E-state index in [4.69, 9.17) is 11.8 Å². The first-order valence-corrected chi connectivity index (χ1v) is 15.2. The van der Waals surface area contributed by atoms with Crippen LogP contribution < -0.4 is 21.2 Å². The van der Waals surface area contributed by atoms with Crippen LogP contribution in [0.3, 0.4) is 0 Å². The van der Waals surface area contributed by atoms with E-state index in [0.29, 0.717) is 0 Å². The second-order valence-electron chi connectivity index (χ2n) is 7.19. The van der Waals surface area contributed by atoms with E-state index in [1.54, 1.807) is 0 Å². The molecule has 0 atom stereocenters. The molecule has 0 saturated heterocycles. The monoisotopic (exact) mass is 448 g/mol. The molecule has 0 unspecified atom stereocenters. The van der Waals surface area contributed by atoms with Gasteiger partial charge >= 0.3 is 0 Å². The SMILES string of the molecule is CP(=O)(c1ccccc1)c1ccccc1.CP(=S)(c1ccccc1)c1ccccc1. The molecule has 4 aromatic carbocycles. The minimum Gasteiger partial charge on any atom is -0.314 e. The van der Waals surface area contributed by atoms with Crippen molar-refractivity contribution < 1.29 is 4.57 Å². The maximum absolute atomic E-state index is 12.6. The van der Waals surface area contributed by atoms with Crippen LogP contribution in [0.2, 0.25) is 0 Å². The quantitative estimate of drug-likeness (QED) is 0.390. The van der Waals surface area contributed by atoms with Crippen LogP contribution >= 0.6 is 13.2 Å². The lowest BCUT2D eigenvalue weighted by atomic mass is 10.4. The minimum absolute atomic E-state index is 0.913. The lowest BCUT2D eigenvalue weighted by Crippen LogP contribution is -2.14. The number of rotatable bonds is 4. The molecule has 0 aliphatic carbocycles. The molecule has 0 bridgehead atoms. The summed E-state index contributed by atoms with van der Waals surface area (Å²) in [6, 6.07) is 38.5. The van der Waals surface area contributed by atoms with Crippen molar-refractivity contribution in [3.8, 4) is 0 Å². The van der Waals surface area contributed by atoms with E-state index >= 15 is 0 Å². The van der Waals surface area contributed by atoms with Gasteiger partial charge in [-0.3, -0.25) is 0 Å². The Kier molecular flexibility index (Phi) is 7.62. The first-order chi connectivity index (χ1) is 14.4. The lowest BCUT2D eigenvalue weighted by molar-refractivity contribution is 0.590. The molecule has 0 N–H and O–H groups in total. The molecule has 0 saturated carbocycles. The molecule has 0 heterocycles. The molecule has 0 fully saturated rings. The highest BCUT2D eigenvalue weighted by molar-refractivity contribution is 8.21. The van der Waals surface area contributed by atoms with Crippen LogP contribution in [0.15, 0.2) is 121 Å². The van der Waals surface area contributed by atoms with Gasteiger partial charge in [0.25, 0.3) is 0 Å². The largest absolute Gasteiger partial charge is 0.314 e. The predicted octanol–water partition coefficient (Wildman–Crippen LogP) is 5.38. The third-order valence-corrected chi connectivity index (χ3v) is 11.4. The molecule has 0 spiro atoms. The molecular formula is C26H26OP2S. The Balaban J connectivity index is 0.000000171. The third-order valence-electron chi connectivity index (χ3n) is 5.00. The van der Waals surface area contributed by atoms with Crippen LogP contribution in [0.4, 0.5) is 0 Å². The highest BCUT2D eigenvalue weighted by Gasteiger charge is 2.19. The maximum atomic E-state index is 12.6. The molecule has 4 rings (SSSR count). The van der Waals surface area contributed by atoms with Crippen LogP contribution in [-0.2, 0) is 16.4 Å². The molecule has 0 radical (unpaired) electrons. The van der Waals surface area contributed by atoms with Gasteiger partial charge in [-0.2, -0.15) is 0 Å². The van der Waals surface area contributed by atoms with E-state index in [1.165, 1.54) is 10.6 Å². The number of hydrogen-bond donors (Lipinski definition) is 0. The van der Waals surface area contributed by atoms with Crippen molar-refractivity contribution >= 4 is 46.2 Å². The van der Waals surface area contributed by atoms with Gasteiger partial charge in [0.2, 0.25) is 0 Å². The van der Waals surface area contributed by atoms with Crippen LogP contribution in [0.25, 0.3) is 0 Å². The van der Waals surface area contributed by atoms with E-state index in [9.17, 15) is 4.57 Å². The van der Waals surface area contributed by atoms with Crippen LogP contribution in [0.5, 0.6) is 0 Å². The van der Waals surface area contributed by atoms with Gasteiger partial charge in [0, 0.05) is 16.6 Å². The summed E-state index contributed by atoms with van der Waals surface area (Å²) >= 11 is 5.79. The second-order valence-corrected chi connectivity index (χ2v) is 15.1. The van der Waals surface area contributed by atoms with Crippen molar-refractivity contribution in [2.75, 3.05) is 13.3 Å². The summed E-state index contributed by atoms with van der Waals surface area (Å²) in [5.41, 5.74) is 0. The summed E-state index contributed by atoms with van der Waals surface area (Å²) < 4.78 is 12.6. The standard InChI is InChI=1S/C13H13OP.C13H13PS/c1-15(14,12-8-4-2-5-9-12)13-10-6-3-7-11-13;1-14(15,12-8-4-2-5-9-12)13-10-6-3-7-11-13/h2*2-11H,1H3. The van der Waals surface area contributed by atoms with E-state index in [-0.39, 0.29) is 0 Å². The molecule has 30 heavy (non-hydrogen) atoms. The van der Waals surface area contributed by atoms with Gasteiger partial charge in [-0.05, 0) is 23.9 Å². The maximum Gasteiger partial charge on any atom is 0.140 e. The smallest absolute Gasteiger partial charge is 0.140 e.